The lowest BCUT2D eigenvalue weighted by Crippen LogP contribution is -2.43. The van der Waals surface area contributed by atoms with Crippen LogP contribution in [0.15, 0.2) is 0 Å². The maximum absolute atomic E-state index is 11.8. The van der Waals surface area contributed by atoms with Gasteiger partial charge in [0, 0.05) is 18.9 Å². The third-order valence-electron chi connectivity index (χ3n) is 5.78. The smallest absolute Gasteiger partial charge is 0.135 e. The van der Waals surface area contributed by atoms with Gasteiger partial charge in [-0.1, -0.05) is 26.2 Å². The molecule has 1 spiro atoms. The Bertz CT molecular complexity index is 312. The standard InChI is InChI=1S/C16H26O2/c1-12-14(5-6-15(12)17)13-7-10-18-16(11-13)8-3-2-4-9-16/h12-14H,2-11H2,1H3. The summed E-state index contributed by atoms with van der Waals surface area (Å²) in [6, 6.07) is 0. The molecule has 1 saturated heterocycles. The predicted octanol–water partition coefficient (Wildman–Crippen LogP) is 3.73. The van der Waals surface area contributed by atoms with Gasteiger partial charge in [-0.3, -0.25) is 4.79 Å². The molecule has 2 nitrogen and oxygen atoms in total. The highest BCUT2D eigenvalue weighted by Gasteiger charge is 2.44. The average Bonchev–Trinajstić information content (AvgIpc) is 2.71. The zero-order chi connectivity index (χ0) is 12.6. The zero-order valence-electron chi connectivity index (χ0n) is 11.6. The van der Waals surface area contributed by atoms with E-state index in [1.165, 1.54) is 44.9 Å². The van der Waals surface area contributed by atoms with Crippen LogP contribution in [0.4, 0.5) is 0 Å². The summed E-state index contributed by atoms with van der Waals surface area (Å²) in [4.78, 5) is 11.8. The molecule has 0 aromatic carbocycles. The van der Waals surface area contributed by atoms with Crippen LogP contribution >= 0.6 is 0 Å². The van der Waals surface area contributed by atoms with E-state index in [0.717, 1.165) is 25.4 Å². The lowest BCUT2D eigenvalue weighted by atomic mass is 9.70. The van der Waals surface area contributed by atoms with Gasteiger partial charge in [0.15, 0.2) is 0 Å². The largest absolute Gasteiger partial charge is 0.375 e. The minimum absolute atomic E-state index is 0.201. The molecule has 2 aliphatic carbocycles. The van der Waals surface area contributed by atoms with Crippen LogP contribution in [0.1, 0.15) is 64.7 Å². The normalized spacial score (nSPS) is 40.3. The molecule has 3 rings (SSSR count). The fourth-order valence-corrected chi connectivity index (χ4v) is 4.64. The second kappa shape index (κ2) is 4.96. The second-order valence-corrected chi connectivity index (χ2v) is 6.80. The van der Waals surface area contributed by atoms with Crippen LogP contribution in [-0.2, 0) is 9.53 Å². The highest BCUT2D eigenvalue weighted by atomic mass is 16.5. The van der Waals surface area contributed by atoms with Crippen molar-refractivity contribution in [3.63, 3.8) is 0 Å². The third kappa shape index (κ3) is 2.24. The van der Waals surface area contributed by atoms with Gasteiger partial charge < -0.3 is 4.74 Å². The summed E-state index contributed by atoms with van der Waals surface area (Å²) in [6.07, 6.45) is 11.0. The van der Waals surface area contributed by atoms with Crippen molar-refractivity contribution in [3.05, 3.63) is 0 Å². The first-order valence-corrected chi connectivity index (χ1v) is 7.87. The number of Topliss-reactive ketones (excluding diaryl/α,β-unsaturated/α-hetero) is 1. The molecule has 3 atom stereocenters. The Balaban J connectivity index is 1.68. The summed E-state index contributed by atoms with van der Waals surface area (Å²) in [5.74, 6) is 2.22. The number of carbonyl (C=O) groups excluding carboxylic acids is 1. The minimum atomic E-state index is 0.201. The molecule has 1 aliphatic heterocycles. The van der Waals surface area contributed by atoms with E-state index >= 15 is 0 Å². The van der Waals surface area contributed by atoms with Gasteiger partial charge in [0.2, 0.25) is 0 Å². The molecule has 3 unspecified atom stereocenters. The summed E-state index contributed by atoms with van der Waals surface area (Å²) >= 11 is 0. The molecule has 102 valence electrons. The van der Waals surface area contributed by atoms with Crippen LogP contribution < -0.4 is 0 Å². The molecular weight excluding hydrogens is 224 g/mol. The first-order valence-electron chi connectivity index (χ1n) is 7.87. The molecule has 0 N–H and O–H groups in total. The van der Waals surface area contributed by atoms with E-state index in [4.69, 9.17) is 4.74 Å². The Kier molecular flexibility index (Phi) is 3.48. The van der Waals surface area contributed by atoms with E-state index in [2.05, 4.69) is 6.92 Å². The summed E-state index contributed by atoms with van der Waals surface area (Å²) in [7, 11) is 0. The third-order valence-corrected chi connectivity index (χ3v) is 5.78. The van der Waals surface area contributed by atoms with Crippen LogP contribution in [-0.4, -0.2) is 18.0 Å². The first kappa shape index (κ1) is 12.7. The van der Waals surface area contributed by atoms with E-state index in [0.29, 0.717) is 17.6 Å². The molecule has 3 aliphatic rings. The Morgan fingerprint density at radius 2 is 1.94 bits per heavy atom. The van der Waals surface area contributed by atoms with Crippen molar-refractivity contribution in [1.82, 2.24) is 0 Å². The SMILES string of the molecule is CC1C(=O)CCC1C1CCOC2(CCCCC2)C1. The molecule has 2 saturated carbocycles. The Morgan fingerprint density at radius 3 is 2.61 bits per heavy atom. The van der Waals surface area contributed by atoms with Gasteiger partial charge in [0.25, 0.3) is 0 Å². The summed E-state index contributed by atoms with van der Waals surface area (Å²) in [6.45, 7) is 3.09. The number of hydrogen-bond acceptors (Lipinski definition) is 2. The van der Waals surface area contributed by atoms with Gasteiger partial charge in [-0.15, -0.1) is 0 Å². The van der Waals surface area contributed by atoms with Crippen molar-refractivity contribution in [1.29, 1.82) is 0 Å². The van der Waals surface area contributed by atoms with Gasteiger partial charge in [0.05, 0.1) is 5.60 Å². The van der Waals surface area contributed by atoms with E-state index in [9.17, 15) is 4.79 Å². The summed E-state index contributed by atoms with van der Waals surface area (Å²) < 4.78 is 6.17. The number of rotatable bonds is 1. The Labute approximate surface area is 110 Å². The zero-order valence-corrected chi connectivity index (χ0v) is 11.6. The lowest BCUT2D eigenvalue weighted by molar-refractivity contribution is -0.131. The highest BCUT2D eigenvalue weighted by molar-refractivity contribution is 5.83. The van der Waals surface area contributed by atoms with Crippen molar-refractivity contribution < 1.29 is 9.53 Å². The maximum Gasteiger partial charge on any atom is 0.135 e. The summed E-state index contributed by atoms with van der Waals surface area (Å²) in [5.41, 5.74) is 0.201. The van der Waals surface area contributed by atoms with E-state index < -0.39 is 0 Å². The van der Waals surface area contributed by atoms with Gasteiger partial charge in [-0.2, -0.15) is 0 Å². The van der Waals surface area contributed by atoms with Crippen LogP contribution in [0.2, 0.25) is 0 Å². The van der Waals surface area contributed by atoms with Gasteiger partial charge >= 0.3 is 0 Å². The van der Waals surface area contributed by atoms with Crippen molar-refractivity contribution in [2.45, 2.75) is 70.3 Å². The number of ether oxygens (including phenoxy) is 1. The molecule has 0 aromatic rings. The molecule has 18 heavy (non-hydrogen) atoms. The van der Waals surface area contributed by atoms with Gasteiger partial charge in [-0.25, -0.2) is 0 Å². The average molecular weight is 250 g/mol. The van der Waals surface area contributed by atoms with E-state index in [-0.39, 0.29) is 5.60 Å². The molecule has 1 heterocycles. The predicted molar refractivity (Wildman–Crippen MR) is 71.4 cm³/mol. The van der Waals surface area contributed by atoms with Crippen LogP contribution in [0.5, 0.6) is 0 Å². The second-order valence-electron chi connectivity index (χ2n) is 6.80. The molecule has 0 amide bonds. The lowest BCUT2D eigenvalue weighted by Gasteiger charge is -2.45. The first-order chi connectivity index (χ1) is 8.70. The van der Waals surface area contributed by atoms with Crippen LogP contribution in [0.3, 0.4) is 0 Å². The van der Waals surface area contributed by atoms with Gasteiger partial charge in [0.1, 0.15) is 5.78 Å². The Morgan fingerprint density at radius 1 is 1.17 bits per heavy atom. The highest BCUT2D eigenvalue weighted by Crippen LogP contribution is 2.46. The number of ketones is 1. The molecule has 0 radical (unpaired) electrons. The fourth-order valence-electron chi connectivity index (χ4n) is 4.64. The topological polar surface area (TPSA) is 26.3 Å². The maximum atomic E-state index is 11.8. The molecule has 0 aromatic heterocycles. The summed E-state index contributed by atoms with van der Waals surface area (Å²) in [5, 5.41) is 0. The Hall–Kier alpha value is -0.370. The fraction of sp³-hybridized carbons (Fsp3) is 0.938. The quantitative estimate of drug-likeness (QED) is 0.709. The molecular formula is C16H26O2. The van der Waals surface area contributed by atoms with E-state index in [1.54, 1.807) is 0 Å². The van der Waals surface area contributed by atoms with Gasteiger partial charge in [-0.05, 0) is 43.9 Å². The van der Waals surface area contributed by atoms with Crippen molar-refractivity contribution in [3.8, 4) is 0 Å². The number of hydrogen-bond donors (Lipinski definition) is 0. The molecule has 3 fully saturated rings. The van der Waals surface area contributed by atoms with Crippen molar-refractivity contribution in [2.75, 3.05) is 6.61 Å². The van der Waals surface area contributed by atoms with Crippen molar-refractivity contribution >= 4 is 5.78 Å². The monoisotopic (exact) mass is 250 g/mol. The van der Waals surface area contributed by atoms with Crippen LogP contribution in [0.25, 0.3) is 0 Å². The van der Waals surface area contributed by atoms with Crippen molar-refractivity contribution in [2.24, 2.45) is 17.8 Å². The molecule has 2 heteroatoms. The van der Waals surface area contributed by atoms with Crippen LogP contribution in [0, 0.1) is 17.8 Å². The van der Waals surface area contributed by atoms with E-state index in [1.807, 2.05) is 0 Å². The number of carbonyl (C=O) groups is 1. The molecule has 0 bridgehead atoms. The minimum Gasteiger partial charge on any atom is -0.375 e.